The molecule has 0 fully saturated rings. The van der Waals surface area contributed by atoms with E-state index in [0.717, 1.165) is 17.1 Å². The molecule has 3 rings (SSSR count). The predicted octanol–water partition coefficient (Wildman–Crippen LogP) is 3.19. The number of carboxylic acid groups (broad SMARTS) is 1. The highest BCUT2D eigenvalue weighted by Gasteiger charge is 2.21. The van der Waals surface area contributed by atoms with Crippen LogP contribution in [0.2, 0.25) is 0 Å². The van der Waals surface area contributed by atoms with E-state index in [1.165, 1.54) is 0 Å². The van der Waals surface area contributed by atoms with Gasteiger partial charge in [-0.05, 0) is 60.3 Å². The van der Waals surface area contributed by atoms with Gasteiger partial charge in [0.25, 0.3) is 0 Å². The molecular formula is C35H49N9O9. The molecule has 0 aliphatic heterocycles. The van der Waals surface area contributed by atoms with Crippen LogP contribution in [0.5, 0.6) is 5.75 Å². The molecule has 0 aliphatic carbocycles. The molecule has 0 aliphatic rings. The van der Waals surface area contributed by atoms with Crippen LogP contribution in [0.25, 0.3) is 21.7 Å². The Morgan fingerprint density at radius 1 is 0.925 bits per heavy atom. The highest BCUT2D eigenvalue weighted by Crippen LogP contribution is 2.33. The van der Waals surface area contributed by atoms with Gasteiger partial charge in [0.05, 0.1) is 77.6 Å². The quantitative estimate of drug-likeness (QED) is 0.0364. The number of nitrogens with zero attached hydrogens (tertiary/aromatic N) is 6. The van der Waals surface area contributed by atoms with E-state index in [-0.39, 0.29) is 38.4 Å². The summed E-state index contributed by atoms with van der Waals surface area (Å²) >= 11 is 0. The first-order chi connectivity index (χ1) is 25.8. The van der Waals surface area contributed by atoms with Crippen LogP contribution in [0.15, 0.2) is 53.9 Å². The molecule has 53 heavy (non-hydrogen) atoms. The number of hydrogen-bond acceptors (Lipinski definition) is 12. The summed E-state index contributed by atoms with van der Waals surface area (Å²) in [6.07, 6.45) is 3.71. The highest BCUT2D eigenvalue weighted by atomic mass is 16.6. The van der Waals surface area contributed by atoms with Gasteiger partial charge < -0.3 is 44.7 Å². The Bertz CT molecular complexity index is 1620. The standard InChI is InChI=1S/C35H49N9O9/c1-26-7-10-38-32(22-26)37-9-3-4-33(45)39-25-34(46)42-29(24-35(47)48)27-5-6-31(28(23-27)30-8-11-41-44(30)2)53-21-20-52-19-18-51-17-16-50-15-14-49-13-12-40-43-36/h5-8,10-11,22-23,29H,3-4,9,12-21,24-25H2,1-2H3,(H,37,38)(H,39,45)(H,42,46)(H,47,48)/t29-/m1/s1. The molecule has 288 valence electrons. The van der Waals surface area contributed by atoms with Crippen molar-refractivity contribution in [3.8, 4) is 17.0 Å². The van der Waals surface area contributed by atoms with Crippen molar-refractivity contribution in [2.45, 2.75) is 32.2 Å². The third-order valence-electron chi connectivity index (χ3n) is 7.47. The first-order valence-electron chi connectivity index (χ1n) is 17.3. The molecule has 0 unspecified atom stereocenters. The summed E-state index contributed by atoms with van der Waals surface area (Å²) in [5.74, 6) is -0.665. The van der Waals surface area contributed by atoms with Crippen molar-refractivity contribution >= 4 is 23.6 Å². The smallest absolute Gasteiger partial charge is 0.305 e. The third kappa shape index (κ3) is 17.2. The number of azide groups is 1. The van der Waals surface area contributed by atoms with Crippen molar-refractivity contribution in [3.05, 3.63) is 70.4 Å². The van der Waals surface area contributed by atoms with Crippen LogP contribution in [0.4, 0.5) is 5.82 Å². The van der Waals surface area contributed by atoms with Crippen LogP contribution in [0.1, 0.15) is 36.4 Å². The van der Waals surface area contributed by atoms with Gasteiger partial charge in [-0.15, -0.1) is 0 Å². The second kappa shape index (κ2) is 24.8. The van der Waals surface area contributed by atoms with E-state index < -0.39 is 17.9 Å². The van der Waals surface area contributed by atoms with Crippen LogP contribution in [-0.2, 0) is 40.4 Å². The number of aliphatic carboxylic acids is 1. The fourth-order valence-corrected chi connectivity index (χ4v) is 4.89. The number of rotatable bonds is 28. The van der Waals surface area contributed by atoms with Crippen LogP contribution in [0, 0.1) is 6.92 Å². The summed E-state index contributed by atoms with van der Waals surface area (Å²) in [6, 6.07) is 9.91. The van der Waals surface area contributed by atoms with Crippen molar-refractivity contribution in [1.82, 2.24) is 25.4 Å². The minimum Gasteiger partial charge on any atom is -0.490 e. The number of aryl methyl sites for hydroxylation is 2. The first kappa shape index (κ1) is 42.2. The average molecular weight is 740 g/mol. The lowest BCUT2D eigenvalue weighted by atomic mass is 9.99. The molecule has 0 saturated carbocycles. The normalized spacial score (nSPS) is 11.4. The zero-order valence-corrected chi connectivity index (χ0v) is 30.2. The monoisotopic (exact) mass is 739 g/mol. The molecule has 4 N–H and O–H groups in total. The lowest BCUT2D eigenvalue weighted by Crippen LogP contribution is -2.39. The van der Waals surface area contributed by atoms with Gasteiger partial charge in [0.15, 0.2) is 0 Å². The number of benzene rings is 1. The van der Waals surface area contributed by atoms with Crippen molar-refractivity contribution < 1.29 is 43.2 Å². The van der Waals surface area contributed by atoms with Crippen molar-refractivity contribution in [3.63, 3.8) is 0 Å². The Kier molecular flexibility index (Phi) is 19.8. The highest BCUT2D eigenvalue weighted by molar-refractivity contribution is 5.85. The van der Waals surface area contributed by atoms with E-state index in [0.29, 0.717) is 82.7 Å². The Labute approximate surface area is 308 Å². The summed E-state index contributed by atoms with van der Waals surface area (Å²) in [7, 11) is 1.77. The summed E-state index contributed by atoms with van der Waals surface area (Å²) in [4.78, 5) is 43.9. The summed E-state index contributed by atoms with van der Waals surface area (Å²) in [6.45, 7) is 5.76. The summed E-state index contributed by atoms with van der Waals surface area (Å²) in [5, 5.41) is 25.8. The molecule has 2 heterocycles. The van der Waals surface area contributed by atoms with Crippen LogP contribution >= 0.6 is 0 Å². The van der Waals surface area contributed by atoms with Gasteiger partial charge in [-0.2, -0.15) is 5.10 Å². The van der Waals surface area contributed by atoms with Crippen molar-refractivity contribution in [2.75, 3.05) is 84.4 Å². The number of pyridine rings is 1. The van der Waals surface area contributed by atoms with Gasteiger partial charge in [0.1, 0.15) is 18.2 Å². The maximum Gasteiger partial charge on any atom is 0.305 e. The number of carbonyl (C=O) groups excluding carboxylic acids is 2. The number of carboxylic acids is 1. The van der Waals surface area contributed by atoms with Gasteiger partial charge in [0, 0.05) is 49.4 Å². The topological polar surface area (TPSA) is 233 Å². The maximum atomic E-state index is 12.8. The molecule has 0 bridgehead atoms. The lowest BCUT2D eigenvalue weighted by Gasteiger charge is -2.20. The number of nitrogens with one attached hydrogen (secondary N) is 3. The van der Waals surface area contributed by atoms with Gasteiger partial charge in [0.2, 0.25) is 11.8 Å². The Morgan fingerprint density at radius 3 is 2.26 bits per heavy atom. The molecule has 3 aromatic rings. The lowest BCUT2D eigenvalue weighted by molar-refractivity contribution is -0.138. The number of ether oxygens (including phenoxy) is 5. The van der Waals surface area contributed by atoms with Crippen LogP contribution < -0.4 is 20.7 Å². The minimum absolute atomic E-state index is 0.204. The van der Waals surface area contributed by atoms with E-state index in [9.17, 15) is 19.5 Å². The average Bonchev–Trinajstić information content (AvgIpc) is 3.57. The fourth-order valence-electron chi connectivity index (χ4n) is 4.89. The van der Waals surface area contributed by atoms with Crippen LogP contribution in [-0.4, -0.2) is 117 Å². The van der Waals surface area contributed by atoms with Gasteiger partial charge >= 0.3 is 5.97 Å². The van der Waals surface area contributed by atoms with E-state index in [1.54, 1.807) is 48.4 Å². The van der Waals surface area contributed by atoms with Gasteiger partial charge in [-0.25, -0.2) is 4.98 Å². The van der Waals surface area contributed by atoms with Crippen molar-refractivity contribution in [2.24, 2.45) is 12.2 Å². The number of anilines is 1. The summed E-state index contributed by atoms with van der Waals surface area (Å²) < 4.78 is 29.5. The Hall–Kier alpha value is -5.26. The van der Waals surface area contributed by atoms with E-state index in [2.05, 4.69) is 36.1 Å². The van der Waals surface area contributed by atoms with Gasteiger partial charge in [-0.1, -0.05) is 11.2 Å². The molecule has 18 heteroatoms. The minimum atomic E-state index is -1.10. The second-order valence-electron chi connectivity index (χ2n) is 11.6. The molecule has 0 spiro atoms. The van der Waals surface area contributed by atoms with E-state index >= 15 is 0 Å². The molecule has 18 nitrogen and oxygen atoms in total. The van der Waals surface area contributed by atoms with Gasteiger partial charge in [-0.3, -0.25) is 19.1 Å². The fraction of sp³-hybridized carbons (Fsp3) is 0.514. The number of amides is 2. The Balaban J connectivity index is 1.43. The molecule has 2 amide bonds. The summed E-state index contributed by atoms with van der Waals surface area (Å²) in [5.41, 5.74) is 11.2. The molecule has 0 radical (unpaired) electrons. The SMILES string of the molecule is Cc1ccnc(NCCCC(=O)NCC(=O)N[C@H](CC(=O)O)c2ccc(OCCOCCOCCOCCOCCN=[N+]=[N-])c(-c3ccnn3C)c2)c1. The Morgan fingerprint density at radius 2 is 1.62 bits per heavy atom. The molecule has 1 aromatic carbocycles. The molecule has 2 aromatic heterocycles. The van der Waals surface area contributed by atoms with Crippen molar-refractivity contribution in [1.29, 1.82) is 0 Å². The third-order valence-corrected chi connectivity index (χ3v) is 7.47. The molecular weight excluding hydrogens is 690 g/mol. The number of aromatic nitrogens is 3. The molecule has 0 saturated heterocycles. The molecule has 1 atom stereocenters. The van der Waals surface area contributed by atoms with Crippen LogP contribution in [0.3, 0.4) is 0 Å². The number of carbonyl (C=O) groups is 3. The van der Waals surface area contributed by atoms with E-state index in [1.807, 2.05) is 19.1 Å². The zero-order chi connectivity index (χ0) is 38.1. The zero-order valence-electron chi connectivity index (χ0n) is 30.2. The number of hydrogen-bond donors (Lipinski definition) is 4. The second-order valence-corrected chi connectivity index (χ2v) is 11.6. The van der Waals surface area contributed by atoms with E-state index in [4.69, 9.17) is 29.2 Å². The largest absolute Gasteiger partial charge is 0.490 e. The first-order valence-corrected chi connectivity index (χ1v) is 17.3. The predicted molar refractivity (Wildman–Crippen MR) is 194 cm³/mol. The maximum absolute atomic E-state index is 12.8.